The van der Waals surface area contributed by atoms with Gasteiger partial charge >= 0.3 is 6.18 Å². The van der Waals surface area contributed by atoms with E-state index in [1.165, 1.54) is 6.07 Å². The lowest BCUT2D eigenvalue weighted by Crippen LogP contribution is -2.49. The van der Waals surface area contributed by atoms with Crippen LogP contribution in [0.2, 0.25) is 0 Å². The molecule has 1 aliphatic rings. The van der Waals surface area contributed by atoms with E-state index < -0.39 is 29.3 Å². The first-order valence-electron chi connectivity index (χ1n) is 8.77. The number of nitrogens with zero attached hydrogens (tertiary/aromatic N) is 1. The molecule has 2 amide bonds. The van der Waals surface area contributed by atoms with Crippen molar-refractivity contribution in [3.8, 4) is 0 Å². The first-order chi connectivity index (χ1) is 13.3. The van der Waals surface area contributed by atoms with Crippen LogP contribution in [0.3, 0.4) is 0 Å². The Bertz CT molecular complexity index is 871. The summed E-state index contributed by atoms with van der Waals surface area (Å²) in [5, 5.41) is 2.66. The maximum Gasteiger partial charge on any atom is 0.417 e. The summed E-state index contributed by atoms with van der Waals surface area (Å²) < 4.78 is 40.1. The molecule has 0 saturated carbocycles. The number of alkyl halides is 3. The van der Waals surface area contributed by atoms with Crippen LogP contribution >= 0.6 is 15.9 Å². The Kier molecular flexibility index (Phi) is 6.07. The van der Waals surface area contributed by atoms with Crippen molar-refractivity contribution in [1.29, 1.82) is 0 Å². The number of carbonyl (C=O) groups excluding carboxylic acids is 2. The van der Waals surface area contributed by atoms with Crippen molar-refractivity contribution in [1.82, 2.24) is 10.2 Å². The molecule has 1 heterocycles. The number of nitrogens with one attached hydrogen (secondary N) is 1. The van der Waals surface area contributed by atoms with Crippen LogP contribution in [0.25, 0.3) is 0 Å². The van der Waals surface area contributed by atoms with Gasteiger partial charge in [0.05, 0.1) is 11.1 Å². The highest BCUT2D eigenvalue weighted by atomic mass is 79.9. The van der Waals surface area contributed by atoms with Crippen molar-refractivity contribution >= 4 is 27.7 Å². The smallest absolute Gasteiger partial charge is 0.348 e. The number of likely N-dealkylation sites (tertiary alicyclic amines) is 1. The Labute approximate surface area is 168 Å². The average molecular weight is 455 g/mol. The third-order valence-corrected chi connectivity index (χ3v) is 5.09. The fourth-order valence-corrected chi connectivity index (χ4v) is 3.62. The lowest BCUT2D eigenvalue weighted by molar-refractivity contribution is -0.138. The zero-order chi connectivity index (χ0) is 20.3. The number of benzene rings is 2. The number of rotatable bonds is 3. The molecule has 2 aromatic carbocycles. The van der Waals surface area contributed by atoms with E-state index in [4.69, 9.17) is 0 Å². The molecular formula is C20H18BrF3N2O2. The van der Waals surface area contributed by atoms with Gasteiger partial charge in [-0.1, -0.05) is 34.1 Å². The standard InChI is InChI=1S/C20H18BrF3N2O2/c21-14-8-9-16(17(11-14)20(22,23)24)18(27)25-15-7-4-10-26(12-15)19(28)13-5-2-1-3-6-13/h1-3,5-6,8-9,11,15H,4,7,10,12H2,(H,25,27). The molecule has 1 N–H and O–H groups in total. The number of carbonyl (C=O) groups is 2. The Hall–Kier alpha value is -2.35. The number of hydrogen-bond acceptors (Lipinski definition) is 2. The second-order valence-corrected chi connectivity index (χ2v) is 7.53. The molecule has 0 aromatic heterocycles. The predicted molar refractivity (Wildman–Crippen MR) is 102 cm³/mol. The molecule has 1 aliphatic heterocycles. The maximum absolute atomic E-state index is 13.3. The monoisotopic (exact) mass is 454 g/mol. The molecule has 0 aliphatic carbocycles. The normalized spacial score (nSPS) is 17.3. The van der Waals surface area contributed by atoms with E-state index in [1.54, 1.807) is 29.2 Å². The highest BCUT2D eigenvalue weighted by Gasteiger charge is 2.36. The lowest BCUT2D eigenvalue weighted by Gasteiger charge is -2.33. The fraction of sp³-hybridized carbons (Fsp3) is 0.300. The maximum atomic E-state index is 13.3. The van der Waals surface area contributed by atoms with E-state index in [0.29, 0.717) is 24.9 Å². The molecular weight excluding hydrogens is 437 g/mol. The van der Waals surface area contributed by atoms with E-state index in [2.05, 4.69) is 21.2 Å². The molecule has 0 bridgehead atoms. The van der Waals surface area contributed by atoms with Crippen molar-refractivity contribution in [3.05, 3.63) is 69.7 Å². The van der Waals surface area contributed by atoms with Gasteiger partial charge < -0.3 is 10.2 Å². The molecule has 148 valence electrons. The molecule has 3 rings (SSSR count). The number of piperidine rings is 1. The quantitative estimate of drug-likeness (QED) is 0.741. The Morgan fingerprint density at radius 3 is 2.50 bits per heavy atom. The number of halogens is 4. The Morgan fingerprint density at radius 2 is 1.82 bits per heavy atom. The summed E-state index contributed by atoms with van der Waals surface area (Å²) in [4.78, 5) is 26.7. The van der Waals surface area contributed by atoms with Crippen LogP contribution in [0.15, 0.2) is 53.0 Å². The highest BCUT2D eigenvalue weighted by Crippen LogP contribution is 2.34. The topological polar surface area (TPSA) is 49.4 Å². The van der Waals surface area contributed by atoms with Crippen molar-refractivity contribution < 1.29 is 22.8 Å². The van der Waals surface area contributed by atoms with E-state index >= 15 is 0 Å². The second-order valence-electron chi connectivity index (χ2n) is 6.62. The summed E-state index contributed by atoms with van der Waals surface area (Å²) in [7, 11) is 0. The van der Waals surface area contributed by atoms with E-state index in [1.807, 2.05) is 6.07 Å². The molecule has 1 saturated heterocycles. The van der Waals surface area contributed by atoms with Crippen LogP contribution < -0.4 is 5.32 Å². The van der Waals surface area contributed by atoms with Gasteiger partial charge in [0.1, 0.15) is 0 Å². The summed E-state index contributed by atoms with van der Waals surface area (Å²) >= 11 is 3.01. The van der Waals surface area contributed by atoms with Gasteiger partial charge in [0.25, 0.3) is 11.8 Å². The third-order valence-electron chi connectivity index (χ3n) is 4.60. The molecule has 8 heteroatoms. The van der Waals surface area contributed by atoms with Crippen molar-refractivity contribution in [2.45, 2.75) is 25.1 Å². The van der Waals surface area contributed by atoms with Crippen LogP contribution in [0.5, 0.6) is 0 Å². The van der Waals surface area contributed by atoms with Crippen LogP contribution in [0.4, 0.5) is 13.2 Å². The molecule has 28 heavy (non-hydrogen) atoms. The Balaban J connectivity index is 1.72. The van der Waals surface area contributed by atoms with E-state index in [9.17, 15) is 22.8 Å². The largest absolute Gasteiger partial charge is 0.417 e. The second kappa shape index (κ2) is 8.34. The SMILES string of the molecule is O=C(NC1CCCN(C(=O)c2ccccc2)C1)c1ccc(Br)cc1C(F)(F)F. The van der Waals surface area contributed by atoms with Gasteiger partial charge in [-0.05, 0) is 43.2 Å². The lowest BCUT2D eigenvalue weighted by atomic mass is 10.0. The first kappa shape index (κ1) is 20.4. The van der Waals surface area contributed by atoms with Crippen molar-refractivity contribution in [2.75, 3.05) is 13.1 Å². The minimum atomic E-state index is -4.64. The van der Waals surface area contributed by atoms with Crippen molar-refractivity contribution in [2.24, 2.45) is 0 Å². The summed E-state index contributed by atoms with van der Waals surface area (Å²) in [6, 6.07) is 11.8. The number of amides is 2. The first-order valence-corrected chi connectivity index (χ1v) is 9.57. The summed E-state index contributed by atoms with van der Waals surface area (Å²) in [6.07, 6.45) is -3.38. The molecule has 0 radical (unpaired) electrons. The van der Waals surface area contributed by atoms with Gasteiger partial charge in [0, 0.05) is 29.2 Å². The zero-order valence-corrected chi connectivity index (χ0v) is 16.4. The van der Waals surface area contributed by atoms with Crippen LogP contribution in [0.1, 0.15) is 39.1 Å². The molecule has 0 spiro atoms. The Morgan fingerprint density at radius 1 is 1.11 bits per heavy atom. The van der Waals surface area contributed by atoms with Crippen molar-refractivity contribution in [3.63, 3.8) is 0 Å². The van der Waals surface area contributed by atoms with Gasteiger partial charge in [-0.15, -0.1) is 0 Å². The summed E-state index contributed by atoms with van der Waals surface area (Å²) in [5.41, 5.74) is -0.878. The molecule has 1 fully saturated rings. The molecule has 2 aromatic rings. The highest BCUT2D eigenvalue weighted by molar-refractivity contribution is 9.10. The summed E-state index contributed by atoms with van der Waals surface area (Å²) in [6.45, 7) is 0.809. The summed E-state index contributed by atoms with van der Waals surface area (Å²) in [5.74, 6) is -0.946. The zero-order valence-electron chi connectivity index (χ0n) is 14.8. The van der Waals surface area contributed by atoms with Gasteiger partial charge in [-0.25, -0.2) is 0 Å². The van der Waals surface area contributed by atoms with Crippen LogP contribution in [-0.4, -0.2) is 35.8 Å². The van der Waals surface area contributed by atoms with E-state index in [-0.39, 0.29) is 16.9 Å². The van der Waals surface area contributed by atoms with Gasteiger partial charge in [0.2, 0.25) is 0 Å². The van der Waals surface area contributed by atoms with Crippen LogP contribution in [-0.2, 0) is 6.18 Å². The molecule has 4 nitrogen and oxygen atoms in total. The minimum Gasteiger partial charge on any atom is -0.348 e. The third kappa shape index (κ3) is 4.73. The van der Waals surface area contributed by atoms with Gasteiger partial charge in [-0.2, -0.15) is 13.2 Å². The van der Waals surface area contributed by atoms with Crippen LogP contribution in [0, 0.1) is 0 Å². The number of hydrogen-bond donors (Lipinski definition) is 1. The fourth-order valence-electron chi connectivity index (χ4n) is 3.25. The van der Waals surface area contributed by atoms with Gasteiger partial charge in [-0.3, -0.25) is 9.59 Å². The minimum absolute atomic E-state index is 0.154. The average Bonchev–Trinajstić information content (AvgIpc) is 2.67. The molecule has 1 unspecified atom stereocenters. The predicted octanol–water partition coefficient (Wildman–Crippen LogP) is 4.50. The van der Waals surface area contributed by atoms with Gasteiger partial charge in [0.15, 0.2) is 0 Å². The molecule has 1 atom stereocenters. The van der Waals surface area contributed by atoms with E-state index in [0.717, 1.165) is 12.1 Å².